The molecule has 1 aromatic heterocycles. The van der Waals surface area contributed by atoms with Crippen LogP contribution in [0.5, 0.6) is 17.2 Å². The van der Waals surface area contributed by atoms with Crippen LogP contribution in [0.4, 0.5) is 0 Å². The monoisotopic (exact) mass is 446 g/mol. The van der Waals surface area contributed by atoms with E-state index in [1.165, 1.54) is 13.2 Å². The number of hydrogen-bond acceptors (Lipinski definition) is 10. The Labute approximate surface area is 181 Å². The molecule has 3 aromatic rings. The van der Waals surface area contributed by atoms with Crippen LogP contribution in [0.25, 0.3) is 22.3 Å². The molecule has 32 heavy (non-hydrogen) atoms. The standard InChI is InChI=1S/C22H22O10/c1-29-20-12(25)8-14(31-22-19(28)18(27)17(26)15(9-23)32-22)16-11(24)7-13(30-21(16)20)10-5-3-2-4-6-10/h2-8,15,17-19,22-23,25-28H,9H2,1H3/t15-,17-,18+,19-,22?/m1/s1. The molecule has 0 aliphatic carbocycles. The van der Waals surface area contributed by atoms with Gasteiger partial charge < -0.3 is 44.2 Å². The van der Waals surface area contributed by atoms with Crippen LogP contribution in [0.2, 0.25) is 0 Å². The molecule has 2 aromatic carbocycles. The summed E-state index contributed by atoms with van der Waals surface area (Å²) < 4.78 is 22.0. The molecule has 1 unspecified atom stereocenters. The van der Waals surface area contributed by atoms with Crippen LogP contribution in [-0.4, -0.2) is 70.0 Å². The van der Waals surface area contributed by atoms with Crippen LogP contribution in [0.15, 0.2) is 51.7 Å². The molecule has 10 nitrogen and oxygen atoms in total. The molecule has 1 fully saturated rings. The second-order valence-corrected chi connectivity index (χ2v) is 7.29. The van der Waals surface area contributed by atoms with Crippen molar-refractivity contribution in [2.75, 3.05) is 13.7 Å². The predicted octanol–water partition coefficient (Wildman–Crippen LogP) is 0.353. The maximum Gasteiger partial charge on any atom is 0.229 e. The van der Waals surface area contributed by atoms with Gasteiger partial charge in [-0.15, -0.1) is 0 Å². The van der Waals surface area contributed by atoms with E-state index in [9.17, 15) is 30.3 Å². The van der Waals surface area contributed by atoms with Gasteiger partial charge in [-0.2, -0.15) is 0 Å². The van der Waals surface area contributed by atoms with Crippen molar-refractivity contribution in [1.29, 1.82) is 0 Å². The summed E-state index contributed by atoms with van der Waals surface area (Å²) in [6, 6.07) is 11.2. The highest BCUT2D eigenvalue weighted by Gasteiger charge is 2.45. The third-order valence-electron chi connectivity index (χ3n) is 5.25. The first-order valence-electron chi connectivity index (χ1n) is 9.76. The van der Waals surface area contributed by atoms with Crippen LogP contribution in [0.3, 0.4) is 0 Å². The molecule has 5 atom stereocenters. The van der Waals surface area contributed by atoms with Crippen molar-refractivity contribution in [3.05, 3.63) is 52.7 Å². The smallest absolute Gasteiger partial charge is 0.229 e. The van der Waals surface area contributed by atoms with E-state index in [-0.39, 0.29) is 28.2 Å². The molecule has 1 aliphatic heterocycles. The number of fused-ring (bicyclic) bond motifs is 1. The van der Waals surface area contributed by atoms with Crippen LogP contribution in [0, 0.1) is 0 Å². The second-order valence-electron chi connectivity index (χ2n) is 7.29. The summed E-state index contributed by atoms with van der Waals surface area (Å²) in [5, 5.41) is 49.9. The first-order chi connectivity index (χ1) is 15.3. The lowest BCUT2D eigenvalue weighted by Gasteiger charge is -2.39. The van der Waals surface area contributed by atoms with Crippen LogP contribution in [0.1, 0.15) is 0 Å². The quantitative estimate of drug-likeness (QED) is 0.370. The van der Waals surface area contributed by atoms with Crippen molar-refractivity contribution in [3.63, 3.8) is 0 Å². The highest BCUT2D eigenvalue weighted by Crippen LogP contribution is 2.41. The topological polar surface area (TPSA) is 159 Å². The van der Waals surface area contributed by atoms with E-state index >= 15 is 0 Å². The van der Waals surface area contributed by atoms with Gasteiger partial charge in [0.15, 0.2) is 16.8 Å². The third-order valence-corrected chi connectivity index (χ3v) is 5.25. The number of rotatable bonds is 5. The minimum absolute atomic E-state index is 0.0987. The fourth-order valence-electron chi connectivity index (χ4n) is 3.59. The zero-order valence-electron chi connectivity index (χ0n) is 16.9. The lowest BCUT2D eigenvalue weighted by molar-refractivity contribution is -0.277. The van der Waals surface area contributed by atoms with Gasteiger partial charge in [-0.1, -0.05) is 30.3 Å². The fraction of sp³-hybridized carbons (Fsp3) is 0.318. The van der Waals surface area contributed by atoms with Gasteiger partial charge in [-0.3, -0.25) is 4.79 Å². The molecule has 0 spiro atoms. The SMILES string of the molecule is COc1c(O)cc(OC2O[C@H](CO)[C@@H](O)[C@H](O)[C@H]2O)c2c(=O)cc(-c3ccccc3)oc12. The molecular formula is C22H22O10. The summed E-state index contributed by atoms with van der Waals surface area (Å²) in [5.74, 6) is -0.495. The largest absolute Gasteiger partial charge is 0.504 e. The van der Waals surface area contributed by atoms with Crippen molar-refractivity contribution < 1.29 is 44.2 Å². The summed E-state index contributed by atoms with van der Waals surface area (Å²) in [7, 11) is 1.29. The first-order valence-corrected chi connectivity index (χ1v) is 9.76. The lowest BCUT2D eigenvalue weighted by atomic mass is 9.99. The Bertz CT molecular complexity index is 1160. The second kappa shape index (κ2) is 8.77. The lowest BCUT2D eigenvalue weighted by Crippen LogP contribution is -2.60. The number of aromatic hydroxyl groups is 1. The van der Waals surface area contributed by atoms with Crippen LogP contribution in [-0.2, 0) is 4.74 Å². The number of phenols is 1. The van der Waals surface area contributed by atoms with Crippen LogP contribution < -0.4 is 14.9 Å². The van der Waals surface area contributed by atoms with E-state index in [0.717, 1.165) is 6.07 Å². The van der Waals surface area contributed by atoms with Crippen molar-refractivity contribution >= 4 is 11.0 Å². The number of hydrogen-bond donors (Lipinski definition) is 5. The number of phenolic OH excluding ortho intramolecular Hbond substituents is 1. The minimum atomic E-state index is -1.71. The molecule has 0 bridgehead atoms. The predicted molar refractivity (Wildman–Crippen MR) is 111 cm³/mol. The number of methoxy groups -OCH3 is 1. The average molecular weight is 446 g/mol. The Balaban J connectivity index is 1.83. The maximum atomic E-state index is 13.0. The number of aliphatic hydroxyl groups is 4. The number of aliphatic hydroxyl groups excluding tert-OH is 4. The van der Waals surface area contributed by atoms with Gasteiger partial charge >= 0.3 is 0 Å². The molecule has 5 N–H and O–H groups in total. The van der Waals surface area contributed by atoms with Gasteiger partial charge in [0.05, 0.1) is 13.7 Å². The van der Waals surface area contributed by atoms with E-state index in [2.05, 4.69) is 0 Å². The third kappa shape index (κ3) is 3.78. The van der Waals surface area contributed by atoms with Gasteiger partial charge in [0.25, 0.3) is 0 Å². The van der Waals surface area contributed by atoms with Gasteiger partial charge in [-0.05, 0) is 0 Å². The van der Waals surface area contributed by atoms with E-state index in [1.54, 1.807) is 24.3 Å². The highest BCUT2D eigenvalue weighted by atomic mass is 16.7. The number of ether oxygens (including phenoxy) is 3. The summed E-state index contributed by atoms with van der Waals surface area (Å²) in [6.45, 7) is -0.651. The molecule has 2 heterocycles. The maximum absolute atomic E-state index is 13.0. The molecule has 0 saturated carbocycles. The molecular weight excluding hydrogens is 424 g/mol. The van der Waals surface area contributed by atoms with Crippen molar-refractivity contribution in [3.8, 4) is 28.6 Å². The minimum Gasteiger partial charge on any atom is -0.504 e. The van der Waals surface area contributed by atoms with Crippen LogP contribution >= 0.6 is 0 Å². The summed E-state index contributed by atoms with van der Waals surface area (Å²) in [5.41, 5.74) is -0.00487. The Morgan fingerprint density at radius 1 is 1.03 bits per heavy atom. The number of benzene rings is 2. The molecule has 1 saturated heterocycles. The molecule has 0 amide bonds. The molecule has 4 rings (SSSR count). The zero-order valence-corrected chi connectivity index (χ0v) is 16.9. The normalized spacial score (nSPS) is 25.6. The summed E-state index contributed by atoms with van der Waals surface area (Å²) in [6.07, 6.45) is -7.73. The van der Waals surface area contributed by atoms with Gasteiger partial charge in [0, 0.05) is 17.7 Å². The van der Waals surface area contributed by atoms with Gasteiger partial charge in [-0.25, -0.2) is 0 Å². The highest BCUT2D eigenvalue weighted by molar-refractivity contribution is 5.92. The zero-order chi connectivity index (χ0) is 23.0. The van der Waals surface area contributed by atoms with E-state index in [0.29, 0.717) is 5.56 Å². The Hall–Kier alpha value is -3.15. The Kier molecular flexibility index (Phi) is 6.04. The molecule has 1 aliphatic rings. The van der Waals surface area contributed by atoms with Crippen molar-refractivity contribution in [1.82, 2.24) is 0 Å². The van der Waals surface area contributed by atoms with Gasteiger partial charge in [0.1, 0.15) is 41.3 Å². The Morgan fingerprint density at radius 2 is 1.75 bits per heavy atom. The first kappa shape index (κ1) is 22.1. The molecule has 0 radical (unpaired) electrons. The molecule has 170 valence electrons. The Morgan fingerprint density at radius 3 is 2.41 bits per heavy atom. The van der Waals surface area contributed by atoms with E-state index in [4.69, 9.17) is 18.6 Å². The van der Waals surface area contributed by atoms with Crippen molar-refractivity contribution in [2.45, 2.75) is 30.7 Å². The molecule has 10 heteroatoms. The summed E-state index contributed by atoms with van der Waals surface area (Å²) >= 11 is 0. The summed E-state index contributed by atoms with van der Waals surface area (Å²) in [4.78, 5) is 13.0. The van der Waals surface area contributed by atoms with E-state index in [1.807, 2.05) is 6.07 Å². The van der Waals surface area contributed by atoms with Gasteiger partial charge in [0.2, 0.25) is 12.0 Å². The average Bonchev–Trinajstić information content (AvgIpc) is 2.79. The fourth-order valence-corrected chi connectivity index (χ4v) is 3.59. The van der Waals surface area contributed by atoms with Crippen molar-refractivity contribution in [2.24, 2.45) is 0 Å². The van der Waals surface area contributed by atoms with E-state index < -0.39 is 48.5 Å².